The maximum absolute atomic E-state index is 11.9. The van der Waals surface area contributed by atoms with E-state index >= 15 is 0 Å². The summed E-state index contributed by atoms with van der Waals surface area (Å²) < 4.78 is 0. The van der Waals surface area contributed by atoms with E-state index in [1.165, 1.54) is 0 Å². The zero-order valence-corrected chi connectivity index (χ0v) is 12.1. The number of anilines is 2. The third-order valence-electron chi connectivity index (χ3n) is 4.24. The average molecular weight is 275 g/mol. The Hall–Kier alpha value is -1.69. The lowest BCUT2D eigenvalue weighted by molar-refractivity contribution is -0.119. The number of carbonyl (C=O) groups is 1. The van der Waals surface area contributed by atoms with Crippen molar-refractivity contribution in [3.8, 4) is 0 Å². The molecule has 0 radical (unpaired) electrons. The van der Waals surface area contributed by atoms with Crippen LogP contribution in [0.15, 0.2) is 6.33 Å². The van der Waals surface area contributed by atoms with Gasteiger partial charge in [-0.15, -0.1) is 0 Å². The summed E-state index contributed by atoms with van der Waals surface area (Å²) in [6.45, 7) is 6.00. The molecule has 0 aromatic carbocycles. The molecular formula is C14H21N5O. The van der Waals surface area contributed by atoms with Gasteiger partial charge in [0, 0.05) is 37.7 Å². The van der Waals surface area contributed by atoms with E-state index in [-0.39, 0.29) is 11.8 Å². The summed E-state index contributed by atoms with van der Waals surface area (Å²) in [5, 5.41) is 2.93. The predicted octanol–water partition coefficient (Wildman–Crippen LogP) is 0.749. The van der Waals surface area contributed by atoms with Gasteiger partial charge in [0.05, 0.1) is 0 Å². The van der Waals surface area contributed by atoms with Gasteiger partial charge in [-0.25, -0.2) is 9.97 Å². The zero-order chi connectivity index (χ0) is 14.1. The molecule has 6 heteroatoms. The lowest BCUT2D eigenvalue weighted by Gasteiger charge is -2.34. The molecule has 20 heavy (non-hydrogen) atoms. The number of aromatic nitrogens is 2. The van der Waals surface area contributed by atoms with Crippen molar-refractivity contribution in [3.63, 3.8) is 0 Å². The minimum Gasteiger partial charge on any atom is -0.354 e. The van der Waals surface area contributed by atoms with E-state index in [4.69, 9.17) is 0 Å². The first-order valence-corrected chi connectivity index (χ1v) is 7.23. The van der Waals surface area contributed by atoms with Gasteiger partial charge in [0.1, 0.15) is 18.0 Å². The number of carbonyl (C=O) groups excluding carboxylic acids is 1. The van der Waals surface area contributed by atoms with Crippen LogP contribution in [0, 0.1) is 5.92 Å². The van der Waals surface area contributed by atoms with Crippen molar-refractivity contribution in [3.05, 3.63) is 11.9 Å². The van der Waals surface area contributed by atoms with Crippen LogP contribution in [0.2, 0.25) is 0 Å². The van der Waals surface area contributed by atoms with Crippen molar-refractivity contribution in [1.29, 1.82) is 0 Å². The molecule has 1 aromatic heterocycles. The molecular weight excluding hydrogens is 254 g/mol. The van der Waals surface area contributed by atoms with Crippen molar-refractivity contribution in [2.45, 2.75) is 19.8 Å². The molecule has 1 atom stereocenters. The smallest absolute Gasteiger partial charge is 0.228 e. The van der Waals surface area contributed by atoms with Gasteiger partial charge in [0.25, 0.3) is 0 Å². The van der Waals surface area contributed by atoms with Crippen molar-refractivity contribution < 1.29 is 4.79 Å². The summed E-state index contributed by atoms with van der Waals surface area (Å²) in [6.07, 6.45) is 3.27. The second-order valence-corrected chi connectivity index (χ2v) is 5.74. The topological polar surface area (TPSA) is 61.4 Å². The Morgan fingerprint density at radius 2 is 2.00 bits per heavy atom. The SMILES string of the molecule is CC1CCc2c(ncnc2N2CCN(C)CC2)NC1=O. The van der Waals surface area contributed by atoms with Gasteiger partial charge in [0.15, 0.2) is 0 Å². The van der Waals surface area contributed by atoms with E-state index < -0.39 is 0 Å². The first-order chi connectivity index (χ1) is 9.65. The highest BCUT2D eigenvalue weighted by molar-refractivity contribution is 5.93. The minimum atomic E-state index is 0.0320. The minimum absolute atomic E-state index is 0.0320. The number of amides is 1. The Bertz CT molecular complexity index is 510. The van der Waals surface area contributed by atoms with E-state index in [0.717, 1.165) is 50.4 Å². The Balaban J connectivity index is 1.90. The third-order valence-corrected chi connectivity index (χ3v) is 4.24. The summed E-state index contributed by atoms with van der Waals surface area (Å²) in [5.41, 5.74) is 1.09. The Morgan fingerprint density at radius 1 is 1.25 bits per heavy atom. The maximum Gasteiger partial charge on any atom is 0.228 e. The largest absolute Gasteiger partial charge is 0.354 e. The van der Waals surface area contributed by atoms with Crippen molar-refractivity contribution in [1.82, 2.24) is 14.9 Å². The number of nitrogens with one attached hydrogen (secondary N) is 1. The van der Waals surface area contributed by atoms with Crippen LogP contribution in [0.1, 0.15) is 18.9 Å². The highest BCUT2D eigenvalue weighted by atomic mass is 16.1. The second-order valence-electron chi connectivity index (χ2n) is 5.74. The van der Waals surface area contributed by atoms with Crippen LogP contribution in [0.3, 0.4) is 0 Å². The Morgan fingerprint density at radius 3 is 2.75 bits per heavy atom. The van der Waals surface area contributed by atoms with Gasteiger partial charge < -0.3 is 15.1 Å². The molecule has 0 spiro atoms. The fraction of sp³-hybridized carbons (Fsp3) is 0.643. The van der Waals surface area contributed by atoms with E-state index in [1.807, 2.05) is 6.92 Å². The fourth-order valence-corrected chi connectivity index (χ4v) is 2.76. The summed E-state index contributed by atoms with van der Waals surface area (Å²) in [4.78, 5) is 25.3. The van der Waals surface area contributed by atoms with Crippen LogP contribution in [0.25, 0.3) is 0 Å². The molecule has 1 N–H and O–H groups in total. The van der Waals surface area contributed by atoms with E-state index in [9.17, 15) is 4.79 Å². The molecule has 3 rings (SSSR count). The van der Waals surface area contributed by atoms with Gasteiger partial charge in [-0.05, 0) is 19.9 Å². The molecule has 6 nitrogen and oxygen atoms in total. The maximum atomic E-state index is 11.9. The molecule has 1 saturated heterocycles. The number of fused-ring (bicyclic) bond motifs is 1. The second kappa shape index (κ2) is 5.36. The molecule has 1 amide bonds. The molecule has 1 unspecified atom stereocenters. The molecule has 1 aromatic rings. The molecule has 0 bridgehead atoms. The number of likely N-dealkylation sites (N-methyl/N-ethyl adjacent to an activating group) is 1. The van der Waals surface area contributed by atoms with Gasteiger partial charge in [0.2, 0.25) is 5.91 Å². The standard InChI is InChI=1S/C14H21N5O/c1-10-3-4-11-12(17-14(10)20)15-9-16-13(11)19-7-5-18(2)6-8-19/h9-10H,3-8H2,1-2H3,(H,15,16,17,20). The van der Waals surface area contributed by atoms with Crippen LogP contribution in [-0.4, -0.2) is 54.0 Å². The van der Waals surface area contributed by atoms with Crippen LogP contribution >= 0.6 is 0 Å². The monoisotopic (exact) mass is 275 g/mol. The van der Waals surface area contributed by atoms with Gasteiger partial charge in [-0.3, -0.25) is 4.79 Å². The van der Waals surface area contributed by atoms with Gasteiger partial charge in [-0.2, -0.15) is 0 Å². The van der Waals surface area contributed by atoms with Crippen molar-refractivity contribution in [2.24, 2.45) is 5.92 Å². The molecule has 2 aliphatic rings. The number of rotatable bonds is 1. The summed E-state index contributed by atoms with van der Waals surface area (Å²) in [7, 11) is 2.14. The lowest BCUT2D eigenvalue weighted by Crippen LogP contribution is -2.45. The molecule has 0 aliphatic carbocycles. The first-order valence-electron chi connectivity index (χ1n) is 7.23. The predicted molar refractivity (Wildman–Crippen MR) is 77.9 cm³/mol. The van der Waals surface area contributed by atoms with Crippen molar-refractivity contribution in [2.75, 3.05) is 43.4 Å². The zero-order valence-electron chi connectivity index (χ0n) is 12.1. The number of hydrogen-bond donors (Lipinski definition) is 1. The van der Waals surface area contributed by atoms with Crippen LogP contribution < -0.4 is 10.2 Å². The fourth-order valence-electron chi connectivity index (χ4n) is 2.76. The molecule has 108 valence electrons. The Labute approximate surface area is 119 Å². The molecule has 1 fully saturated rings. The first kappa shape index (κ1) is 13.3. The summed E-state index contributed by atoms with van der Waals surface area (Å²) in [5.74, 6) is 1.79. The number of hydrogen-bond acceptors (Lipinski definition) is 5. The van der Waals surface area contributed by atoms with E-state index in [2.05, 4.69) is 32.1 Å². The number of nitrogens with zero attached hydrogens (tertiary/aromatic N) is 4. The number of piperazine rings is 1. The summed E-state index contributed by atoms with van der Waals surface area (Å²) >= 11 is 0. The molecule has 0 saturated carbocycles. The molecule has 3 heterocycles. The average Bonchev–Trinajstić information content (AvgIpc) is 2.59. The van der Waals surface area contributed by atoms with E-state index in [0.29, 0.717) is 5.82 Å². The van der Waals surface area contributed by atoms with Crippen molar-refractivity contribution >= 4 is 17.5 Å². The summed E-state index contributed by atoms with van der Waals surface area (Å²) in [6, 6.07) is 0. The van der Waals surface area contributed by atoms with Crippen LogP contribution in [0.4, 0.5) is 11.6 Å². The third kappa shape index (κ3) is 2.47. The van der Waals surface area contributed by atoms with Gasteiger partial charge in [-0.1, -0.05) is 6.92 Å². The van der Waals surface area contributed by atoms with Crippen LogP contribution in [0.5, 0.6) is 0 Å². The van der Waals surface area contributed by atoms with E-state index in [1.54, 1.807) is 6.33 Å². The quantitative estimate of drug-likeness (QED) is 0.819. The van der Waals surface area contributed by atoms with Gasteiger partial charge >= 0.3 is 0 Å². The normalized spacial score (nSPS) is 24.0. The highest BCUT2D eigenvalue weighted by Crippen LogP contribution is 2.29. The molecule has 2 aliphatic heterocycles. The van der Waals surface area contributed by atoms with Crippen LogP contribution in [-0.2, 0) is 11.2 Å². The highest BCUT2D eigenvalue weighted by Gasteiger charge is 2.26. The Kier molecular flexibility index (Phi) is 3.56. The lowest BCUT2D eigenvalue weighted by atomic mass is 10.0.